The number of para-hydroxylation sites is 1. The molecule has 3 unspecified atom stereocenters. The maximum Gasteiger partial charge on any atom is 0.320 e. The topological polar surface area (TPSA) is 142 Å². The Morgan fingerprint density at radius 3 is 2.29 bits per heavy atom. The third kappa shape index (κ3) is 5.36. The summed E-state index contributed by atoms with van der Waals surface area (Å²) < 4.78 is 0. The fraction of sp³-hybridized carbons (Fsp3) is 0.412. The Balaban J connectivity index is 0.000000277. The molecule has 0 bridgehead atoms. The van der Waals surface area contributed by atoms with E-state index in [0.29, 0.717) is 6.42 Å². The number of aromatic amines is 1. The van der Waals surface area contributed by atoms with Gasteiger partial charge in [-0.1, -0.05) is 38.5 Å². The molecule has 0 spiro atoms. The van der Waals surface area contributed by atoms with Gasteiger partial charge < -0.3 is 26.7 Å². The van der Waals surface area contributed by atoms with Crippen LogP contribution in [0.5, 0.6) is 0 Å². The molecule has 0 aliphatic heterocycles. The van der Waals surface area contributed by atoms with E-state index in [1.807, 2.05) is 44.3 Å². The van der Waals surface area contributed by atoms with Gasteiger partial charge in [-0.3, -0.25) is 9.59 Å². The normalized spacial score (nSPS) is 14.3. The lowest BCUT2D eigenvalue weighted by atomic mass is 10.0. The molecule has 7 N–H and O–H groups in total. The van der Waals surface area contributed by atoms with Crippen LogP contribution in [0.15, 0.2) is 30.5 Å². The van der Waals surface area contributed by atoms with E-state index in [-0.39, 0.29) is 5.92 Å². The van der Waals surface area contributed by atoms with Gasteiger partial charge in [-0.25, -0.2) is 0 Å². The van der Waals surface area contributed by atoms with Crippen molar-refractivity contribution in [3.05, 3.63) is 36.0 Å². The van der Waals surface area contributed by atoms with Crippen LogP contribution in [0.25, 0.3) is 10.9 Å². The monoisotopic (exact) mass is 335 g/mol. The Bertz CT molecular complexity index is 683. The van der Waals surface area contributed by atoms with Crippen molar-refractivity contribution in [1.82, 2.24) is 4.98 Å². The van der Waals surface area contributed by atoms with Crippen molar-refractivity contribution in [2.75, 3.05) is 0 Å². The highest BCUT2D eigenvalue weighted by Gasteiger charge is 2.17. The predicted molar refractivity (Wildman–Crippen MR) is 92.7 cm³/mol. The molecule has 0 aliphatic carbocycles. The van der Waals surface area contributed by atoms with Crippen molar-refractivity contribution in [3.63, 3.8) is 0 Å². The molecule has 0 amide bonds. The number of nitrogens with two attached hydrogens (primary N) is 2. The van der Waals surface area contributed by atoms with Crippen molar-refractivity contribution in [3.8, 4) is 0 Å². The predicted octanol–water partition coefficient (Wildman–Crippen LogP) is 1.57. The number of hydrogen-bond donors (Lipinski definition) is 5. The summed E-state index contributed by atoms with van der Waals surface area (Å²) in [5.41, 5.74) is 12.7. The summed E-state index contributed by atoms with van der Waals surface area (Å²) in [6, 6.07) is 6.21. The lowest BCUT2D eigenvalue weighted by Gasteiger charge is -2.11. The van der Waals surface area contributed by atoms with Gasteiger partial charge in [-0.2, -0.15) is 0 Å². The van der Waals surface area contributed by atoms with E-state index in [2.05, 4.69) is 4.98 Å². The van der Waals surface area contributed by atoms with Crippen molar-refractivity contribution in [2.24, 2.45) is 17.4 Å². The maximum absolute atomic E-state index is 10.6. The van der Waals surface area contributed by atoms with E-state index in [4.69, 9.17) is 21.7 Å². The summed E-state index contributed by atoms with van der Waals surface area (Å²) in [4.78, 5) is 23.9. The SMILES string of the molecule is CCC(C)C(N)C(=O)O.NC(Cc1c[nH]c2ccccc12)C(=O)O. The second-order valence-corrected chi connectivity index (χ2v) is 5.76. The van der Waals surface area contributed by atoms with Gasteiger partial charge in [0.05, 0.1) is 0 Å². The first-order valence-corrected chi connectivity index (χ1v) is 7.79. The average molecular weight is 335 g/mol. The summed E-state index contributed by atoms with van der Waals surface area (Å²) in [6.45, 7) is 3.76. The minimum Gasteiger partial charge on any atom is -0.480 e. The Morgan fingerprint density at radius 1 is 1.17 bits per heavy atom. The Hall–Kier alpha value is -2.38. The average Bonchev–Trinajstić information content (AvgIpc) is 2.97. The van der Waals surface area contributed by atoms with Gasteiger partial charge in [-0.15, -0.1) is 0 Å². The molecule has 0 fully saturated rings. The summed E-state index contributed by atoms with van der Waals surface area (Å²) in [5.74, 6) is -1.81. The zero-order valence-corrected chi connectivity index (χ0v) is 13.9. The highest BCUT2D eigenvalue weighted by Crippen LogP contribution is 2.18. The number of carboxylic acid groups (broad SMARTS) is 2. The van der Waals surface area contributed by atoms with Gasteiger partial charge in [0.25, 0.3) is 0 Å². The van der Waals surface area contributed by atoms with Gasteiger partial charge >= 0.3 is 11.9 Å². The van der Waals surface area contributed by atoms with Gasteiger partial charge in [0, 0.05) is 23.5 Å². The molecule has 132 valence electrons. The maximum atomic E-state index is 10.6. The zero-order chi connectivity index (χ0) is 18.3. The van der Waals surface area contributed by atoms with E-state index >= 15 is 0 Å². The molecular formula is C17H25N3O4. The smallest absolute Gasteiger partial charge is 0.320 e. The van der Waals surface area contributed by atoms with E-state index in [1.165, 1.54) is 0 Å². The Kier molecular flexibility index (Phi) is 7.41. The highest BCUT2D eigenvalue weighted by atomic mass is 16.4. The molecule has 1 aromatic carbocycles. The largest absolute Gasteiger partial charge is 0.480 e. The summed E-state index contributed by atoms with van der Waals surface area (Å²) >= 11 is 0. The Morgan fingerprint density at radius 2 is 1.79 bits per heavy atom. The van der Waals surface area contributed by atoms with E-state index in [0.717, 1.165) is 22.9 Å². The zero-order valence-electron chi connectivity index (χ0n) is 13.9. The molecule has 0 radical (unpaired) electrons. The number of aromatic nitrogens is 1. The van der Waals surface area contributed by atoms with Crippen molar-refractivity contribution < 1.29 is 19.8 Å². The summed E-state index contributed by atoms with van der Waals surface area (Å²) in [6.07, 6.45) is 2.97. The van der Waals surface area contributed by atoms with Crippen LogP contribution in [0.2, 0.25) is 0 Å². The van der Waals surface area contributed by atoms with Crippen molar-refractivity contribution in [2.45, 2.75) is 38.8 Å². The van der Waals surface area contributed by atoms with Crippen LogP contribution in [-0.2, 0) is 16.0 Å². The van der Waals surface area contributed by atoms with Crippen molar-refractivity contribution in [1.29, 1.82) is 0 Å². The summed E-state index contributed by atoms with van der Waals surface area (Å²) in [5, 5.41) is 18.1. The number of benzene rings is 1. The van der Waals surface area contributed by atoms with Crippen LogP contribution >= 0.6 is 0 Å². The van der Waals surface area contributed by atoms with Gasteiger partial charge in [-0.05, 0) is 17.5 Å². The van der Waals surface area contributed by atoms with E-state index in [1.54, 1.807) is 0 Å². The highest BCUT2D eigenvalue weighted by molar-refractivity contribution is 5.84. The number of aliphatic carboxylic acids is 2. The van der Waals surface area contributed by atoms with Gasteiger partial charge in [0.1, 0.15) is 12.1 Å². The number of hydrogen-bond acceptors (Lipinski definition) is 4. The standard InChI is InChI=1S/C11H12N2O2.C6H13NO2/c12-9(11(14)15)5-7-6-13-10-4-2-1-3-8(7)10;1-3-4(2)5(7)6(8)9/h1-4,6,9,13H,5,12H2,(H,14,15);4-5H,3,7H2,1-2H3,(H,8,9). The van der Waals surface area contributed by atoms with Gasteiger partial charge in [0.15, 0.2) is 0 Å². The third-order valence-electron chi connectivity index (χ3n) is 3.97. The summed E-state index contributed by atoms with van der Waals surface area (Å²) in [7, 11) is 0. The fourth-order valence-electron chi connectivity index (χ4n) is 2.12. The number of carboxylic acids is 2. The number of nitrogens with one attached hydrogen (secondary N) is 1. The molecule has 7 heteroatoms. The van der Waals surface area contributed by atoms with E-state index < -0.39 is 24.0 Å². The Labute approximate surface area is 140 Å². The molecule has 1 heterocycles. The lowest BCUT2D eigenvalue weighted by molar-refractivity contribution is -0.140. The number of carbonyl (C=O) groups is 2. The number of rotatable bonds is 6. The molecule has 0 aliphatic rings. The molecule has 7 nitrogen and oxygen atoms in total. The van der Waals surface area contributed by atoms with Crippen LogP contribution in [0, 0.1) is 5.92 Å². The second-order valence-electron chi connectivity index (χ2n) is 5.76. The molecule has 0 saturated heterocycles. The number of fused-ring (bicyclic) bond motifs is 1. The molecule has 0 saturated carbocycles. The molecular weight excluding hydrogens is 310 g/mol. The van der Waals surface area contributed by atoms with E-state index in [9.17, 15) is 9.59 Å². The van der Waals surface area contributed by atoms with Crippen molar-refractivity contribution >= 4 is 22.8 Å². The first-order chi connectivity index (χ1) is 11.3. The molecule has 24 heavy (non-hydrogen) atoms. The first kappa shape index (κ1) is 19.7. The minimum absolute atomic E-state index is 0.0718. The first-order valence-electron chi connectivity index (χ1n) is 7.79. The van der Waals surface area contributed by atoms with Gasteiger partial charge in [0.2, 0.25) is 0 Å². The van der Waals surface area contributed by atoms with Crippen LogP contribution in [0.4, 0.5) is 0 Å². The molecule has 2 rings (SSSR count). The van der Waals surface area contributed by atoms with Crippen LogP contribution in [0.1, 0.15) is 25.8 Å². The fourth-order valence-corrected chi connectivity index (χ4v) is 2.12. The molecule has 2 aromatic rings. The molecule has 3 atom stereocenters. The van der Waals surface area contributed by atoms with Crippen LogP contribution in [-0.4, -0.2) is 39.2 Å². The van der Waals surface area contributed by atoms with Crippen LogP contribution < -0.4 is 11.5 Å². The quantitative estimate of drug-likeness (QED) is 0.542. The number of H-pyrrole nitrogens is 1. The third-order valence-corrected chi connectivity index (χ3v) is 3.97. The lowest BCUT2D eigenvalue weighted by Crippen LogP contribution is -2.36. The van der Waals surface area contributed by atoms with Crippen LogP contribution in [0.3, 0.4) is 0 Å². The minimum atomic E-state index is -0.972. The molecule has 1 aromatic heterocycles. The second kappa shape index (κ2) is 9.05.